The number of benzene rings is 1. The maximum absolute atomic E-state index is 13.2. The molecule has 0 saturated carbocycles. The van der Waals surface area contributed by atoms with E-state index < -0.39 is 23.7 Å². The van der Waals surface area contributed by atoms with Crippen LogP contribution in [0.1, 0.15) is 59.9 Å². The van der Waals surface area contributed by atoms with Gasteiger partial charge in [-0.25, -0.2) is 9.59 Å². The van der Waals surface area contributed by atoms with Crippen molar-refractivity contribution >= 4 is 18.0 Å². The Kier molecular flexibility index (Phi) is 10.4. The third-order valence-electron chi connectivity index (χ3n) is 5.62. The molecule has 2 amide bonds. The zero-order chi connectivity index (χ0) is 27.8. The normalized spacial score (nSPS) is 17.0. The van der Waals surface area contributed by atoms with E-state index in [-0.39, 0.29) is 23.8 Å². The van der Waals surface area contributed by atoms with E-state index in [4.69, 9.17) is 18.9 Å². The molecular weight excluding hydrogens is 476 g/mol. The van der Waals surface area contributed by atoms with Crippen molar-refractivity contribution in [1.82, 2.24) is 10.2 Å². The van der Waals surface area contributed by atoms with Gasteiger partial charge < -0.3 is 29.2 Å². The van der Waals surface area contributed by atoms with Gasteiger partial charge in [-0.1, -0.05) is 26.8 Å². The summed E-state index contributed by atoms with van der Waals surface area (Å²) in [5, 5.41) is 2.78. The molecule has 0 aliphatic carbocycles. The largest absolute Gasteiger partial charge is 0.497 e. The standard InChI is InChI=1S/C28H42N2O7/c1-27(2,3)18-36-24(31)12-10-21(29-26(33)37-28(4,5)6)15-19-13-14-30(25(19)32)17-20-9-11-22(34-7)16-23(20)35-8/h9-12,16,19,21H,13-15,17-18H2,1-8H3,(H,29,33)/b12-10+/t19-,21+/m0/s1. The number of carbonyl (C=O) groups excluding carboxylic acids is 3. The maximum atomic E-state index is 13.2. The van der Waals surface area contributed by atoms with Crippen LogP contribution in [0, 0.1) is 11.3 Å². The molecule has 0 radical (unpaired) electrons. The van der Waals surface area contributed by atoms with Crippen LogP contribution in [0.25, 0.3) is 0 Å². The number of nitrogens with zero attached hydrogens (tertiary/aromatic N) is 1. The van der Waals surface area contributed by atoms with Gasteiger partial charge in [-0.05, 0) is 51.2 Å². The molecule has 1 aromatic rings. The molecule has 1 saturated heterocycles. The van der Waals surface area contributed by atoms with Gasteiger partial charge in [0.1, 0.15) is 17.1 Å². The third-order valence-corrected chi connectivity index (χ3v) is 5.62. The van der Waals surface area contributed by atoms with Gasteiger partial charge >= 0.3 is 12.1 Å². The number of nitrogens with one attached hydrogen (secondary N) is 1. The van der Waals surface area contributed by atoms with Crippen LogP contribution in [0.5, 0.6) is 11.5 Å². The minimum Gasteiger partial charge on any atom is -0.497 e. The predicted octanol–water partition coefficient (Wildman–Crippen LogP) is 4.48. The van der Waals surface area contributed by atoms with Crippen molar-refractivity contribution in [2.45, 2.75) is 72.6 Å². The quantitative estimate of drug-likeness (QED) is 0.360. The molecule has 2 rings (SSSR count). The number of rotatable bonds is 10. The molecule has 9 heteroatoms. The summed E-state index contributed by atoms with van der Waals surface area (Å²) in [6.45, 7) is 12.5. The number of hydrogen-bond donors (Lipinski definition) is 1. The Morgan fingerprint density at radius 3 is 2.43 bits per heavy atom. The first-order valence-electron chi connectivity index (χ1n) is 12.5. The first kappa shape index (κ1) is 30.0. The van der Waals surface area contributed by atoms with Crippen molar-refractivity contribution in [3.8, 4) is 11.5 Å². The van der Waals surface area contributed by atoms with Gasteiger partial charge in [0.2, 0.25) is 5.91 Å². The van der Waals surface area contributed by atoms with Gasteiger partial charge in [0, 0.05) is 36.7 Å². The molecule has 206 valence electrons. The van der Waals surface area contributed by atoms with Crippen molar-refractivity contribution < 1.29 is 33.3 Å². The van der Waals surface area contributed by atoms with Crippen LogP contribution >= 0.6 is 0 Å². The minimum absolute atomic E-state index is 0.0161. The summed E-state index contributed by atoms with van der Waals surface area (Å²) in [7, 11) is 3.17. The fourth-order valence-electron chi connectivity index (χ4n) is 3.85. The third kappa shape index (κ3) is 10.3. The Morgan fingerprint density at radius 1 is 1.14 bits per heavy atom. The number of carbonyl (C=O) groups is 3. The van der Waals surface area contributed by atoms with E-state index in [1.54, 1.807) is 52.0 Å². The van der Waals surface area contributed by atoms with Crippen LogP contribution in [0.2, 0.25) is 0 Å². The van der Waals surface area contributed by atoms with Crippen molar-refractivity contribution in [1.29, 1.82) is 0 Å². The molecule has 1 aliphatic rings. The lowest BCUT2D eigenvalue weighted by atomic mass is 9.98. The summed E-state index contributed by atoms with van der Waals surface area (Å²) in [6, 6.07) is 4.93. The fraction of sp³-hybridized carbons (Fsp3) is 0.607. The summed E-state index contributed by atoms with van der Waals surface area (Å²) < 4.78 is 21.4. The number of ether oxygens (including phenoxy) is 4. The zero-order valence-electron chi connectivity index (χ0n) is 23.4. The summed E-state index contributed by atoms with van der Waals surface area (Å²) in [5.74, 6) is 0.487. The second kappa shape index (κ2) is 12.8. The number of likely N-dealkylation sites (tertiary alicyclic amines) is 1. The number of alkyl carbamates (subject to hydrolysis) is 1. The topological polar surface area (TPSA) is 103 Å². The highest BCUT2D eigenvalue weighted by Gasteiger charge is 2.34. The van der Waals surface area contributed by atoms with E-state index in [0.29, 0.717) is 37.4 Å². The van der Waals surface area contributed by atoms with Crippen molar-refractivity contribution in [3.05, 3.63) is 35.9 Å². The van der Waals surface area contributed by atoms with Crippen LogP contribution in [-0.2, 0) is 25.6 Å². The predicted molar refractivity (Wildman–Crippen MR) is 140 cm³/mol. The fourth-order valence-corrected chi connectivity index (χ4v) is 3.85. The van der Waals surface area contributed by atoms with Crippen LogP contribution in [0.15, 0.2) is 30.4 Å². The average Bonchev–Trinajstić information content (AvgIpc) is 3.13. The highest BCUT2D eigenvalue weighted by molar-refractivity contribution is 5.83. The lowest BCUT2D eigenvalue weighted by molar-refractivity contribution is -0.140. The summed E-state index contributed by atoms with van der Waals surface area (Å²) in [5.41, 5.74) is 0.0351. The monoisotopic (exact) mass is 518 g/mol. The van der Waals surface area contributed by atoms with Crippen LogP contribution in [0.3, 0.4) is 0 Å². The smallest absolute Gasteiger partial charge is 0.408 e. The van der Waals surface area contributed by atoms with Gasteiger partial charge in [0.15, 0.2) is 0 Å². The maximum Gasteiger partial charge on any atom is 0.408 e. The summed E-state index contributed by atoms with van der Waals surface area (Å²) in [4.78, 5) is 39.7. The van der Waals surface area contributed by atoms with E-state index in [9.17, 15) is 14.4 Å². The highest BCUT2D eigenvalue weighted by atomic mass is 16.6. The lowest BCUT2D eigenvalue weighted by Crippen LogP contribution is -2.40. The van der Waals surface area contributed by atoms with E-state index in [2.05, 4.69) is 5.32 Å². The van der Waals surface area contributed by atoms with Crippen molar-refractivity contribution in [2.24, 2.45) is 11.3 Å². The van der Waals surface area contributed by atoms with Crippen molar-refractivity contribution in [2.75, 3.05) is 27.4 Å². The number of hydrogen-bond acceptors (Lipinski definition) is 7. The average molecular weight is 519 g/mol. The Balaban J connectivity index is 2.09. The lowest BCUT2D eigenvalue weighted by Gasteiger charge is -2.24. The molecular formula is C28H42N2O7. The minimum atomic E-state index is -0.679. The Bertz CT molecular complexity index is 976. The first-order valence-corrected chi connectivity index (χ1v) is 12.5. The van der Waals surface area contributed by atoms with Crippen LogP contribution < -0.4 is 14.8 Å². The molecule has 2 atom stereocenters. The summed E-state index contributed by atoms with van der Waals surface area (Å²) in [6.07, 6.45) is 3.21. The van der Waals surface area contributed by atoms with E-state index in [1.807, 2.05) is 32.9 Å². The molecule has 0 bridgehead atoms. The molecule has 1 aromatic carbocycles. The molecule has 1 heterocycles. The second-order valence-electron chi connectivity index (χ2n) is 11.4. The summed E-state index contributed by atoms with van der Waals surface area (Å²) >= 11 is 0. The molecule has 1 aliphatic heterocycles. The number of amides is 2. The van der Waals surface area contributed by atoms with Gasteiger partial charge in [-0.15, -0.1) is 0 Å². The van der Waals surface area contributed by atoms with E-state index in [0.717, 1.165) is 5.56 Å². The molecule has 37 heavy (non-hydrogen) atoms. The van der Waals surface area contributed by atoms with Gasteiger partial charge in [0.25, 0.3) is 0 Å². The van der Waals surface area contributed by atoms with Crippen LogP contribution in [0.4, 0.5) is 4.79 Å². The molecule has 1 fully saturated rings. The van der Waals surface area contributed by atoms with E-state index >= 15 is 0 Å². The molecule has 9 nitrogen and oxygen atoms in total. The Morgan fingerprint density at radius 2 is 1.84 bits per heavy atom. The van der Waals surface area contributed by atoms with Gasteiger partial charge in [0.05, 0.1) is 26.9 Å². The molecule has 0 unspecified atom stereocenters. The van der Waals surface area contributed by atoms with Crippen LogP contribution in [-0.4, -0.2) is 61.9 Å². The van der Waals surface area contributed by atoms with E-state index in [1.165, 1.54) is 6.08 Å². The highest BCUT2D eigenvalue weighted by Crippen LogP contribution is 2.30. The Labute approximate surface area is 220 Å². The van der Waals surface area contributed by atoms with Crippen molar-refractivity contribution in [3.63, 3.8) is 0 Å². The van der Waals surface area contributed by atoms with Gasteiger partial charge in [-0.3, -0.25) is 4.79 Å². The first-order chi connectivity index (χ1) is 17.2. The van der Waals surface area contributed by atoms with Gasteiger partial charge in [-0.2, -0.15) is 0 Å². The molecule has 1 N–H and O–H groups in total. The number of esters is 1. The zero-order valence-corrected chi connectivity index (χ0v) is 23.4. The molecule has 0 spiro atoms. The number of methoxy groups -OCH3 is 2. The second-order valence-corrected chi connectivity index (χ2v) is 11.4. The Hall–Kier alpha value is -3.23. The molecule has 0 aromatic heterocycles. The SMILES string of the molecule is COc1ccc(CN2CC[C@@H](C[C@@H](/C=C/C(=O)OCC(C)(C)C)NC(=O)OC(C)(C)C)C2=O)c(OC)c1.